The molecule has 0 radical (unpaired) electrons. The molecule has 0 atom stereocenters. The van der Waals surface area contributed by atoms with Gasteiger partial charge in [-0.1, -0.05) is 37.3 Å². The maximum absolute atomic E-state index is 13.9. The summed E-state index contributed by atoms with van der Waals surface area (Å²) in [6.45, 7) is 2.17. The summed E-state index contributed by atoms with van der Waals surface area (Å²) < 4.78 is 24.1. The molecule has 3 nitrogen and oxygen atoms in total. The van der Waals surface area contributed by atoms with Gasteiger partial charge in [0.1, 0.15) is 6.61 Å². The van der Waals surface area contributed by atoms with Gasteiger partial charge in [-0.2, -0.15) is 0 Å². The molecule has 0 amide bonds. The van der Waals surface area contributed by atoms with Crippen LogP contribution in [0.25, 0.3) is 0 Å². The molecule has 2 aromatic carbocycles. The molecule has 0 fully saturated rings. The van der Waals surface area contributed by atoms with Gasteiger partial charge in [0.2, 0.25) is 0 Å². The van der Waals surface area contributed by atoms with E-state index < -0.39 is 0 Å². The number of ether oxygens (including phenoxy) is 2. The molecule has 4 heteroatoms. The molecule has 116 valence electrons. The van der Waals surface area contributed by atoms with E-state index in [1.165, 1.54) is 13.2 Å². The summed E-state index contributed by atoms with van der Waals surface area (Å²) >= 11 is 0. The van der Waals surface area contributed by atoms with Crippen molar-refractivity contribution in [2.24, 2.45) is 0 Å². The zero-order chi connectivity index (χ0) is 15.9. The van der Waals surface area contributed by atoms with Gasteiger partial charge in [-0.3, -0.25) is 4.79 Å². The highest BCUT2D eigenvalue weighted by Crippen LogP contribution is 2.21. The number of carbonyl (C=O) groups excluding carboxylic acids is 1. The molecule has 0 aromatic heterocycles. The van der Waals surface area contributed by atoms with E-state index in [9.17, 15) is 9.18 Å². The molecule has 0 aliphatic carbocycles. The van der Waals surface area contributed by atoms with E-state index in [2.05, 4.69) is 4.74 Å². The standard InChI is InChI=1S/C18H19FO3/c1-3-13-8-9-17(16(19)10-13)22-12-15-7-5-4-6-14(15)11-18(20)21-2/h4-10H,3,11-12H2,1-2H3. The molecule has 0 spiro atoms. The van der Waals surface area contributed by atoms with Crippen molar-refractivity contribution in [2.45, 2.75) is 26.4 Å². The minimum absolute atomic E-state index is 0.174. The fraction of sp³-hybridized carbons (Fsp3) is 0.278. The second-order valence-electron chi connectivity index (χ2n) is 4.93. The Labute approximate surface area is 129 Å². The number of methoxy groups -OCH3 is 1. The SMILES string of the molecule is CCc1ccc(OCc2ccccc2CC(=O)OC)c(F)c1. The van der Waals surface area contributed by atoms with Crippen molar-refractivity contribution in [3.05, 3.63) is 65.0 Å². The molecule has 0 saturated carbocycles. The van der Waals surface area contributed by atoms with Crippen LogP contribution in [0.5, 0.6) is 5.75 Å². The first kappa shape index (κ1) is 16.0. The molecule has 2 rings (SSSR count). The van der Waals surface area contributed by atoms with E-state index in [0.29, 0.717) is 0 Å². The number of benzene rings is 2. The van der Waals surface area contributed by atoms with Gasteiger partial charge in [-0.15, -0.1) is 0 Å². The van der Waals surface area contributed by atoms with Crippen LogP contribution >= 0.6 is 0 Å². The van der Waals surface area contributed by atoms with E-state index in [1.807, 2.05) is 37.3 Å². The third-order valence-electron chi connectivity index (χ3n) is 3.47. The van der Waals surface area contributed by atoms with Crippen LogP contribution < -0.4 is 4.74 Å². The molecule has 0 aliphatic rings. The lowest BCUT2D eigenvalue weighted by Gasteiger charge is -2.11. The Hall–Kier alpha value is -2.36. The molecule has 0 bridgehead atoms. The van der Waals surface area contributed by atoms with E-state index in [0.717, 1.165) is 23.1 Å². The Morgan fingerprint density at radius 3 is 2.50 bits per heavy atom. The van der Waals surface area contributed by atoms with Crippen molar-refractivity contribution >= 4 is 5.97 Å². The van der Waals surface area contributed by atoms with Crippen molar-refractivity contribution in [2.75, 3.05) is 7.11 Å². The average molecular weight is 302 g/mol. The second-order valence-corrected chi connectivity index (χ2v) is 4.93. The Morgan fingerprint density at radius 2 is 1.86 bits per heavy atom. The summed E-state index contributed by atoms with van der Waals surface area (Å²) in [5, 5.41) is 0. The number of aryl methyl sites for hydroxylation is 1. The van der Waals surface area contributed by atoms with Gasteiger partial charge < -0.3 is 9.47 Å². The first-order valence-corrected chi connectivity index (χ1v) is 7.18. The molecule has 0 N–H and O–H groups in total. The third kappa shape index (κ3) is 4.07. The summed E-state index contributed by atoms with van der Waals surface area (Å²) in [5.74, 6) is -0.471. The largest absolute Gasteiger partial charge is 0.486 e. The molecule has 0 heterocycles. The summed E-state index contributed by atoms with van der Waals surface area (Å²) in [4.78, 5) is 11.4. The van der Waals surface area contributed by atoms with Crippen LogP contribution in [-0.2, 0) is 29.0 Å². The summed E-state index contributed by atoms with van der Waals surface area (Å²) in [6, 6.07) is 12.4. The van der Waals surface area contributed by atoms with Crippen molar-refractivity contribution in [3.63, 3.8) is 0 Å². The molecule has 0 unspecified atom stereocenters. The van der Waals surface area contributed by atoms with E-state index >= 15 is 0 Å². The number of esters is 1. The van der Waals surface area contributed by atoms with Crippen LogP contribution in [-0.4, -0.2) is 13.1 Å². The first-order chi connectivity index (χ1) is 10.6. The van der Waals surface area contributed by atoms with Crippen LogP contribution in [0, 0.1) is 5.82 Å². The Kier molecular flexibility index (Phi) is 5.53. The van der Waals surface area contributed by atoms with Crippen LogP contribution in [0.2, 0.25) is 0 Å². The summed E-state index contributed by atoms with van der Waals surface area (Å²) in [6.07, 6.45) is 0.951. The zero-order valence-corrected chi connectivity index (χ0v) is 12.8. The quantitative estimate of drug-likeness (QED) is 0.764. The fourth-order valence-electron chi connectivity index (χ4n) is 2.14. The lowest BCUT2D eigenvalue weighted by molar-refractivity contribution is -0.139. The smallest absolute Gasteiger partial charge is 0.309 e. The highest BCUT2D eigenvalue weighted by molar-refractivity contribution is 5.72. The van der Waals surface area contributed by atoms with Gasteiger partial charge in [0.15, 0.2) is 11.6 Å². The minimum atomic E-state index is -0.371. The highest BCUT2D eigenvalue weighted by Gasteiger charge is 2.10. The molecular weight excluding hydrogens is 283 g/mol. The van der Waals surface area contributed by atoms with Gasteiger partial charge in [0, 0.05) is 0 Å². The van der Waals surface area contributed by atoms with Crippen LogP contribution in [0.3, 0.4) is 0 Å². The molecule has 0 saturated heterocycles. The summed E-state index contributed by atoms with van der Waals surface area (Å²) in [7, 11) is 1.35. The number of rotatable bonds is 6. The van der Waals surface area contributed by atoms with Crippen molar-refractivity contribution in [1.29, 1.82) is 0 Å². The average Bonchev–Trinajstić information content (AvgIpc) is 2.54. The summed E-state index contributed by atoms with van der Waals surface area (Å²) in [5.41, 5.74) is 2.59. The van der Waals surface area contributed by atoms with Crippen molar-refractivity contribution < 1.29 is 18.7 Å². The van der Waals surface area contributed by atoms with Gasteiger partial charge in [-0.05, 0) is 35.2 Å². The van der Waals surface area contributed by atoms with E-state index in [4.69, 9.17) is 4.74 Å². The molecule has 0 aliphatic heterocycles. The fourth-order valence-corrected chi connectivity index (χ4v) is 2.14. The molecule has 22 heavy (non-hydrogen) atoms. The van der Waals surface area contributed by atoms with Crippen molar-refractivity contribution in [3.8, 4) is 5.75 Å². The Balaban J connectivity index is 2.10. The molecular formula is C18H19FO3. The number of halogens is 1. The topological polar surface area (TPSA) is 35.5 Å². The van der Waals surface area contributed by atoms with Crippen molar-refractivity contribution in [1.82, 2.24) is 0 Å². The first-order valence-electron chi connectivity index (χ1n) is 7.18. The lowest BCUT2D eigenvalue weighted by atomic mass is 10.1. The van der Waals surface area contributed by atoms with Gasteiger partial charge >= 0.3 is 5.97 Å². The maximum atomic E-state index is 13.9. The van der Waals surface area contributed by atoms with Gasteiger partial charge in [0.05, 0.1) is 13.5 Å². The third-order valence-corrected chi connectivity index (χ3v) is 3.47. The second kappa shape index (κ2) is 7.59. The highest BCUT2D eigenvalue weighted by atomic mass is 19.1. The minimum Gasteiger partial charge on any atom is -0.486 e. The Morgan fingerprint density at radius 1 is 1.14 bits per heavy atom. The van der Waals surface area contributed by atoms with Crippen LogP contribution in [0.1, 0.15) is 23.6 Å². The maximum Gasteiger partial charge on any atom is 0.309 e. The van der Waals surface area contributed by atoms with E-state index in [-0.39, 0.29) is 30.6 Å². The predicted octanol–water partition coefficient (Wildman–Crippen LogP) is 3.68. The predicted molar refractivity (Wildman–Crippen MR) is 82.3 cm³/mol. The zero-order valence-electron chi connectivity index (χ0n) is 12.8. The number of hydrogen-bond donors (Lipinski definition) is 0. The Bertz CT molecular complexity index is 653. The molecule has 2 aromatic rings. The van der Waals surface area contributed by atoms with E-state index in [1.54, 1.807) is 6.07 Å². The van der Waals surface area contributed by atoms with Crippen LogP contribution in [0.4, 0.5) is 4.39 Å². The normalized spacial score (nSPS) is 10.3. The van der Waals surface area contributed by atoms with Gasteiger partial charge in [-0.25, -0.2) is 4.39 Å². The van der Waals surface area contributed by atoms with Gasteiger partial charge in [0.25, 0.3) is 0 Å². The monoisotopic (exact) mass is 302 g/mol. The number of carbonyl (C=O) groups is 1. The van der Waals surface area contributed by atoms with Crippen LogP contribution in [0.15, 0.2) is 42.5 Å². The number of hydrogen-bond acceptors (Lipinski definition) is 3. The lowest BCUT2D eigenvalue weighted by Crippen LogP contribution is -2.08.